The standard InChI is InChI=1S/C22H18F3NO6/c1-12-16(10-20(29)32-11-19(27)28)17-9-15(31-2)7-8-18(17)26(12)21(30)13-3-5-14(6-4-13)22(23,24)25/h3-9H,10-11H2,1-2H3,(H,27,28). The van der Waals surface area contributed by atoms with Crippen molar-refractivity contribution in [3.05, 3.63) is 64.8 Å². The molecule has 32 heavy (non-hydrogen) atoms. The predicted octanol–water partition coefficient (Wildman–Crippen LogP) is 3.84. The maximum atomic E-state index is 13.2. The van der Waals surface area contributed by atoms with Gasteiger partial charge in [0, 0.05) is 16.6 Å². The van der Waals surface area contributed by atoms with Crippen LogP contribution in [0.2, 0.25) is 0 Å². The molecule has 10 heteroatoms. The zero-order valence-electron chi connectivity index (χ0n) is 17.0. The van der Waals surface area contributed by atoms with E-state index in [4.69, 9.17) is 14.6 Å². The molecule has 1 N–H and O–H groups in total. The normalized spacial score (nSPS) is 11.4. The Bertz CT molecular complexity index is 1200. The number of esters is 1. The minimum Gasteiger partial charge on any atom is -0.497 e. The monoisotopic (exact) mass is 449 g/mol. The number of carboxylic acids is 1. The van der Waals surface area contributed by atoms with E-state index >= 15 is 0 Å². The molecule has 0 fully saturated rings. The number of carboxylic acid groups (broad SMARTS) is 1. The molecule has 0 aliphatic rings. The van der Waals surface area contributed by atoms with Crippen LogP contribution in [0.1, 0.15) is 27.2 Å². The Balaban J connectivity index is 2.06. The lowest BCUT2D eigenvalue weighted by atomic mass is 10.1. The number of alkyl halides is 3. The van der Waals surface area contributed by atoms with Gasteiger partial charge in [0.2, 0.25) is 0 Å². The summed E-state index contributed by atoms with van der Waals surface area (Å²) in [6, 6.07) is 8.61. The van der Waals surface area contributed by atoms with Crippen molar-refractivity contribution in [2.24, 2.45) is 0 Å². The number of ether oxygens (including phenoxy) is 2. The smallest absolute Gasteiger partial charge is 0.416 e. The van der Waals surface area contributed by atoms with Crippen LogP contribution in [-0.4, -0.2) is 41.2 Å². The first-order chi connectivity index (χ1) is 15.0. The summed E-state index contributed by atoms with van der Waals surface area (Å²) in [6.07, 6.45) is -4.84. The van der Waals surface area contributed by atoms with Gasteiger partial charge in [0.15, 0.2) is 6.61 Å². The summed E-state index contributed by atoms with van der Waals surface area (Å²) < 4.78 is 49.7. The summed E-state index contributed by atoms with van der Waals surface area (Å²) in [6.45, 7) is 0.776. The average Bonchev–Trinajstić information content (AvgIpc) is 3.01. The van der Waals surface area contributed by atoms with Crippen LogP contribution in [0.3, 0.4) is 0 Å². The van der Waals surface area contributed by atoms with Crippen molar-refractivity contribution in [1.82, 2.24) is 4.57 Å². The molecule has 0 aliphatic carbocycles. The number of carbonyl (C=O) groups excluding carboxylic acids is 2. The van der Waals surface area contributed by atoms with E-state index in [0.717, 1.165) is 24.3 Å². The summed E-state index contributed by atoms with van der Waals surface area (Å²) >= 11 is 0. The minimum atomic E-state index is -4.53. The third-order valence-corrected chi connectivity index (χ3v) is 4.88. The third kappa shape index (κ3) is 4.58. The van der Waals surface area contributed by atoms with Crippen LogP contribution in [0.5, 0.6) is 5.75 Å². The fraction of sp³-hybridized carbons (Fsp3) is 0.227. The van der Waals surface area contributed by atoms with Crippen molar-refractivity contribution in [3.63, 3.8) is 0 Å². The maximum absolute atomic E-state index is 13.2. The first-order valence-electron chi connectivity index (χ1n) is 9.30. The molecule has 3 rings (SSSR count). The van der Waals surface area contributed by atoms with Gasteiger partial charge in [-0.15, -0.1) is 0 Å². The van der Waals surface area contributed by atoms with Gasteiger partial charge < -0.3 is 14.6 Å². The molecule has 168 valence electrons. The van der Waals surface area contributed by atoms with Crippen molar-refractivity contribution in [2.75, 3.05) is 13.7 Å². The van der Waals surface area contributed by atoms with Gasteiger partial charge in [-0.05, 0) is 55.0 Å². The van der Waals surface area contributed by atoms with E-state index in [1.807, 2.05) is 0 Å². The number of hydrogen-bond acceptors (Lipinski definition) is 5. The molecule has 2 aromatic carbocycles. The summed E-state index contributed by atoms with van der Waals surface area (Å²) in [5.41, 5.74) is 0.331. The van der Waals surface area contributed by atoms with E-state index in [-0.39, 0.29) is 12.0 Å². The number of nitrogens with zero attached hydrogens (tertiary/aromatic N) is 1. The van der Waals surface area contributed by atoms with Crippen LogP contribution in [0.25, 0.3) is 10.9 Å². The van der Waals surface area contributed by atoms with E-state index < -0.39 is 36.2 Å². The van der Waals surface area contributed by atoms with Crippen LogP contribution in [0.15, 0.2) is 42.5 Å². The summed E-state index contributed by atoms with van der Waals surface area (Å²) in [5.74, 6) is -2.25. The summed E-state index contributed by atoms with van der Waals surface area (Å²) in [5, 5.41) is 9.18. The number of methoxy groups -OCH3 is 1. The van der Waals surface area contributed by atoms with Crippen LogP contribution in [0, 0.1) is 6.92 Å². The average molecular weight is 449 g/mol. The second-order valence-electron chi connectivity index (χ2n) is 6.89. The van der Waals surface area contributed by atoms with Crippen LogP contribution >= 0.6 is 0 Å². The minimum absolute atomic E-state index is 0.0221. The third-order valence-electron chi connectivity index (χ3n) is 4.88. The van der Waals surface area contributed by atoms with E-state index in [1.54, 1.807) is 25.1 Å². The van der Waals surface area contributed by atoms with Gasteiger partial charge in [0.05, 0.1) is 24.6 Å². The highest BCUT2D eigenvalue weighted by Crippen LogP contribution is 2.32. The zero-order chi connectivity index (χ0) is 23.6. The van der Waals surface area contributed by atoms with E-state index in [9.17, 15) is 27.6 Å². The first kappa shape index (κ1) is 22.9. The van der Waals surface area contributed by atoms with Crippen molar-refractivity contribution in [1.29, 1.82) is 0 Å². The number of benzene rings is 2. The number of aromatic nitrogens is 1. The van der Waals surface area contributed by atoms with Gasteiger partial charge >= 0.3 is 18.1 Å². The molecule has 0 saturated carbocycles. The Morgan fingerprint density at radius 2 is 1.72 bits per heavy atom. The lowest BCUT2D eigenvalue weighted by Gasteiger charge is -2.10. The maximum Gasteiger partial charge on any atom is 0.416 e. The summed E-state index contributed by atoms with van der Waals surface area (Å²) in [4.78, 5) is 35.9. The Kier molecular flexibility index (Phi) is 6.24. The lowest BCUT2D eigenvalue weighted by Crippen LogP contribution is -2.16. The summed E-state index contributed by atoms with van der Waals surface area (Å²) in [7, 11) is 1.44. The lowest BCUT2D eigenvalue weighted by molar-refractivity contribution is -0.154. The molecule has 3 aromatic rings. The second-order valence-corrected chi connectivity index (χ2v) is 6.89. The van der Waals surface area contributed by atoms with Crippen molar-refractivity contribution >= 4 is 28.7 Å². The Morgan fingerprint density at radius 1 is 1.06 bits per heavy atom. The van der Waals surface area contributed by atoms with Crippen LogP contribution in [-0.2, 0) is 26.9 Å². The molecule has 1 heterocycles. The zero-order valence-corrected chi connectivity index (χ0v) is 17.0. The molecule has 0 bridgehead atoms. The van der Waals surface area contributed by atoms with E-state index in [2.05, 4.69) is 0 Å². The SMILES string of the molecule is COc1ccc2c(c1)c(CC(=O)OCC(=O)O)c(C)n2C(=O)c1ccc(C(F)(F)F)cc1. The first-order valence-corrected chi connectivity index (χ1v) is 9.30. The number of hydrogen-bond donors (Lipinski definition) is 1. The molecule has 0 amide bonds. The molecule has 7 nitrogen and oxygen atoms in total. The van der Waals surface area contributed by atoms with Crippen molar-refractivity contribution in [3.8, 4) is 5.75 Å². The van der Waals surface area contributed by atoms with Crippen molar-refractivity contribution < 1.29 is 42.1 Å². The molecule has 0 radical (unpaired) electrons. The number of aliphatic carboxylic acids is 1. The number of rotatable bonds is 6. The van der Waals surface area contributed by atoms with Gasteiger partial charge in [0.25, 0.3) is 5.91 Å². The number of fused-ring (bicyclic) bond motifs is 1. The van der Waals surface area contributed by atoms with Crippen LogP contribution < -0.4 is 4.74 Å². The van der Waals surface area contributed by atoms with Gasteiger partial charge in [-0.2, -0.15) is 13.2 Å². The predicted molar refractivity (Wildman–Crippen MR) is 107 cm³/mol. The molecule has 0 spiro atoms. The number of halogens is 3. The van der Waals surface area contributed by atoms with Gasteiger partial charge in [-0.3, -0.25) is 14.2 Å². The fourth-order valence-electron chi connectivity index (χ4n) is 3.34. The molecule has 0 aliphatic heterocycles. The van der Waals surface area contributed by atoms with Gasteiger partial charge in [-0.25, -0.2) is 4.79 Å². The van der Waals surface area contributed by atoms with Crippen LogP contribution in [0.4, 0.5) is 13.2 Å². The second kappa shape index (κ2) is 8.74. The molecule has 0 saturated heterocycles. The number of carbonyl (C=O) groups is 3. The topological polar surface area (TPSA) is 94.8 Å². The highest BCUT2D eigenvalue weighted by molar-refractivity contribution is 6.05. The molecular weight excluding hydrogens is 431 g/mol. The molecule has 0 unspecified atom stereocenters. The molecule has 1 aromatic heterocycles. The molecular formula is C22H18F3NO6. The largest absolute Gasteiger partial charge is 0.497 e. The van der Waals surface area contributed by atoms with Gasteiger partial charge in [0.1, 0.15) is 5.75 Å². The quantitative estimate of drug-likeness (QED) is 0.575. The van der Waals surface area contributed by atoms with E-state index in [0.29, 0.717) is 27.9 Å². The van der Waals surface area contributed by atoms with Crippen molar-refractivity contribution in [2.45, 2.75) is 19.5 Å². The molecule has 0 atom stereocenters. The van der Waals surface area contributed by atoms with E-state index in [1.165, 1.54) is 11.7 Å². The highest BCUT2D eigenvalue weighted by atomic mass is 19.4. The Morgan fingerprint density at radius 3 is 2.28 bits per heavy atom. The Hall–Kier alpha value is -3.82. The Labute approximate surface area is 180 Å². The van der Waals surface area contributed by atoms with Gasteiger partial charge in [-0.1, -0.05) is 0 Å². The highest BCUT2D eigenvalue weighted by Gasteiger charge is 2.30. The fourth-order valence-corrected chi connectivity index (χ4v) is 3.34.